The van der Waals surface area contributed by atoms with E-state index in [1.807, 2.05) is 18.7 Å². The second kappa shape index (κ2) is 5.54. The molecule has 6 heteroatoms. The summed E-state index contributed by atoms with van der Waals surface area (Å²) in [5.41, 5.74) is 0. The lowest BCUT2D eigenvalue weighted by atomic mass is 10.3. The molecule has 2 heterocycles. The van der Waals surface area contributed by atoms with Gasteiger partial charge in [0.25, 0.3) is 0 Å². The number of rotatable bonds is 5. The van der Waals surface area contributed by atoms with Crippen molar-refractivity contribution in [2.24, 2.45) is 0 Å². The first-order valence-electron chi connectivity index (χ1n) is 5.70. The molecule has 0 spiro atoms. The minimum absolute atomic E-state index is 0.117. The molecule has 90 valence electrons. The lowest BCUT2D eigenvalue weighted by molar-refractivity contribution is 0.427. The van der Waals surface area contributed by atoms with E-state index in [0.717, 1.165) is 12.3 Å². The van der Waals surface area contributed by atoms with Crippen LogP contribution in [0.4, 0.5) is 6.01 Å². The molecule has 2 rings (SSSR count). The minimum atomic E-state index is 0.117. The number of nitrogens with one attached hydrogen (secondary N) is 2. The molecule has 1 aromatic rings. The quantitative estimate of drug-likeness (QED) is 0.818. The maximum atomic E-state index is 5.55. The van der Waals surface area contributed by atoms with Crippen molar-refractivity contribution < 1.29 is 4.42 Å². The Hall–Kier alpha value is -0.750. The molecule has 1 aromatic heterocycles. The number of hydrogen-bond donors (Lipinski definition) is 2. The third kappa shape index (κ3) is 2.89. The van der Waals surface area contributed by atoms with E-state index in [1.165, 1.54) is 12.2 Å². The molecular weight excluding hydrogens is 224 g/mol. The Balaban J connectivity index is 1.90. The Morgan fingerprint density at radius 3 is 3.12 bits per heavy atom. The van der Waals surface area contributed by atoms with Gasteiger partial charge < -0.3 is 15.1 Å². The van der Waals surface area contributed by atoms with Crippen LogP contribution < -0.4 is 10.6 Å². The van der Waals surface area contributed by atoms with Crippen LogP contribution in [-0.2, 0) is 0 Å². The summed E-state index contributed by atoms with van der Waals surface area (Å²) in [4.78, 5) is 0. The van der Waals surface area contributed by atoms with Crippen LogP contribution in [0.3, 0.4) is 0 Å². The van der Waals surface area contributed by atoms with Gasteiger partial charge in [0.1, 0.15) is 0 Å². The van der Waals surface area contributed by atoms with Gasteiger partial charge in [-0.2, -0.15) is 11.8 Å². The van der Waals surface area contributed by atoms with Gasteiger partial charge in [-0.05, 0) is 25.6 Å². The van der Waals surface area contributed by atoms with Crippen LogP contribution in [0.1, 0.15) is 32.2 Å². The highest BCUT2D eigenvalue weighted by Gasteiger charge is 2.19. The number of anilines is 1. The van der Waals surface area contributed by atoms with Crippen LogP contribution in [0.15, 0.2) is 4.42 Å². The van der Waals surface area contributed by atoms with E-state index in [0.29, 0.717) is 17.9 Å². The fourth-order valence-electron chi connectivity index (χ4n) is 1.68. The van der Waals surface area contributed by atoms with Crippen molar-refractivity contribution in [3.05, 3.63) is 5.89 Å². The SMILES string of the molecule is CCNC(C)c1nnc(NC2CCSC2)o1. The molecular formula is C10H18N4OS. The predicted molar refractivity (Wildman–Crippen MR) is 65.7 cm³/mol. The summed E-state index contributed by atoms with van der Waals surface area (Å²) in [5.74, 6) is 2.99. The van der Waals surface area contributed by atoms with Crippen molar-refractivity contribution >= 4 is 17.8 Å². The van der Waals surface area contributed by atoms with Crippen molar-refractivity contribution in [1.29, 1.82) is 0 Å². The molecule has 2 unspecified atom stereocenters. The first kappa shape index (κ1) is 11.7. The summed E-state index contributed by atoms with van der Waals surface area (Å²) >= 11 is 1.96. The van der Waals surface area contributed by atoms with E-state index in [1.54, 1.807) is 0 Å². The fraction of sp³-hybridized carbons (Fsp3) is 0.800. The maximum Gasteiger partial charge on any atom is 0.315 e. The largest absolute Gasteiger partial charge is 0.406 e. The monoisotopic (exact) mass is 242 g/mol. The first-order chi connectivity index (χ1) is 7.79. The summed E-state index contributed by atoms with van der Waals surface area (Å²) in [6.45, 7) is 4.97. The lowest BCUT2D eigenvalue weighted by Crippen LogP contribution is -2.18. The van der Waals surface area contributed by atoms with Crippen LogP contribution in [-0.4, -0.2) is 34.3 Å². The normalized spacial score (nSPS) is 22.2. The molecule has 1 saturated heterocycles. The zero-order valence-electron chi connectivity index (χ0n) is 9.69. The highest BCUT2D eigenvalue weighted by molar-refractivity contribution is 7.99. The van der Waals surface area contributed by atoms with Gasteiger partial charge in [-0.25, -0.2) is 0 Å². The molecule has 0 radical (unpaired) electrons. The molecule has 1 aliphatic rings. The Morgan fingerprint density at radius 1 is 1.56 bits per heavy atom. The van der Waals surface area contributed by atoms with Gasteiger partial charge in [0.05, 0.1) is 6.04 Å². The van der Waals surface area contributed by atoms with Gasteiger partial charge in [0.2, 0.25) is 5.89 Å². The van der Waals surface area contributed by atoms with Gasteiger partial charge in [0.15, 0.2) is 0 Å². The molecule has 1 fully saturated rings. The third-order valence-electron chi connectivity index (χ3n) is 2.58. The van der Waals surface area contributed by atoms with E-state index in [4.69, 9.17) is 4.42 Å². The van der Waals surface area contributed by atoms with E-state index in [2.05, 4.69) is 27.8 Å². The molecule has 5 nitrogen and oxygen atoms in total. The van der Waals surface area contributed by atoms with Crippen LogP contribution in [0, 0.1) is 0 Å². The van der Waals surface area contributed by atoms with Crippen LogP contribution in [0.5, 0.6) is 0 Å². The van der Waals surface area contributed by atoms with Crippen molar-refractivity contribution in [3.63, 3.8) is 0 Å². The average molecular weight is 242 g/mol. The number of hydrogen-bond acceptors (Lipinski definition) is 6. The topological polar surface area (TPSA) is 63.0 Å². The lowest BCUT2D eigenvalue weighted by Gasteiger charge is -2.08. The Bertz CT molecular complexity index is 324. The van der Waals surface area contributed by atoms with Gasteiger partial charge in [-0.1, -0.05) is 12.0 Å². The molecule has 0 amide bonds. The molecule has 2 atom stereocenters. The highest BCUT2D eigenvalue weighted by Crippen LogP contribution is 2.21. The summed E-state index contributed by atoms with van der Waals surface area (Å²) in [5, 5.41) is 14.5. The number of nitrogens with zero attached hydrogens (tertiary/aromatic N) is 2. The zero-order chi connectivity index (χ0) is 11.4. The third-order valence-corrected chi connectivity index (χ3v) is 3.74. The number of aromatic nitrogens is 2. The van der Waals surface area contributed by atoms with Crippen molar-refractivity contribution in [1.82, 2.24) is 15.5 Å². The second-order valence-corrected chi connectivity index (χ2v) is 5.08. The summed E-state index contributed by atoms with van der Waals surface area (Å²) in [6, 6.07) is 1.14. The second-order valence-electron chi connectivity index (χ2n) is 3.93. The highest BCUT2D eigenvalue weighted by atomic mass is 32.2. The van der Waals surface area contributed by atoms with Gasteiger partial charge in [-0.3, -0.25) is 0 Å². The molecule has 0 saturated carbocycles. The first-order valence-corrected chi connectivity index (χ1v) is 6.86. The summed E-state index contributed by atoms with van der Waals surface area (Å²) < 4.78 is 5.55. The van der Waals surface area contributed by atoms with E-state index in [9.17, 15) is 0 Å². The Labute approximate surface area is 99.8 Å². The van der Waals surface area contributed by atoms with E-state index < -0.39 is 0 Å². The van der Waals surface area contributed by atoms with Crippen molar-refractivity contribution in [3.8, 4) is 0 Å². The average Bonchev–Trinajstić information content (AvgIpc) is 2.90. The predicted octanol–water partition coefficient (Wildman–Crippen LogP) is 1.66. The van der Waals surface area contributed by atoms with Crippen LogP contribution >= 0.6 is 11.8 Å². The van der Waals surface area contributed by atoms with Crippen molar-refractivity contribution in [2.75, 3.05) is 23.4 Å². The molecule has 0 aromatic carbocycles. The van der Waals surface area contributed by atoms with Crippen LogP contribution in [0.25, 0.3) is 0 Å². The van der Waals surface area contributed by atoms with E-state index >= 15 is 0 Å². The van der Waals surface area contributed by atoms with Crippen molar-refractivity contribution in [2.45, 2.75) is 32.4 Å². The Morgan fingerprint density at radius 2 is 2.44 bits per heavy atom. The van der Waals surface area contributed by atoms with Gasteiger partial charge in [-0.15, -0.1) is 5.10 Å². The zero-order valence-corrected chi connectivity index (χ0v) is 10.5. The standard InChI is InChI=1S/C10H18N4OS/c1-3-11-7(2)9-13-14-10(15-9)12-8-4-5-16-6-8/h7-8,11H,3-6H2,1-2H3,(H,12,14). The molecule has 16 heavy (non-hydrogen) atoms. The van der Waals surface area contributed by atoms with Gasteiger partial charge >= 0.3 is 6.01 Å². The van der Waals surface area contributed by atoms with Gasteiger partial charge in [0, 0.05) is 11.8 Å². The smallest absolute Gasteiger partial charge is 0.315 e. The molecule has 1 aliphatic heterocycles. The molecule has 2 N–H and O–H groups in total. The maximum absolute atomic E-state index is 5.55. The summed E-state index contributed by atoms with van der Waals surface area (Å²) in [6.07, 6.45) is 1.17. The molecule has 0 bridgehead atoms. The van der Waals surface area contributed by atoms with Crippen LogP contribution in [0.2, 0.25) is 0 Å². The minimum Gasteiger partial charge on any atom is -0.406 e. The fourth-order valence-corrected chi connectivity index (χ4v) is 2.84. The molecule has 0 aliphatic carbocycles. The summed E-state index contributed by atoms with van der Waals surface area (Å²) in [7, 11) is 0. The Kier molecular flexibility index (Phi) is 4.06. The van der Waals surface area contributed by atoms with E-state index in [-0.39, 0.29) is 6.04 Å². The number of thioether (sulfide) groups is 1.